The Morgan fingerprint density at radius 1 is 1.16 bits per heavy atom. The van der Waals surface area contributed by atoms with Crippen LogP contribution < -0.4 is 10.5 Å². The van der Waals surface area contributed by atoms with Gasteiger partial charge in [-0.25, -0.2) is 8.78 Å². The smallest absolute Gasteiger partial charge is 0.134 e. The summed E-state index contributed by atoms with van der Waals surface area (Å²) < 4.78 is 33.6. The summed E-state index contributed by atoms with van der Waals surface area (Å²) in [5, 5.41) is 0. The second-order valence-electron chi connectivity index (χ2n) is 4.04. The Balaban J connectivity index is 2.47. The molecule has 2 N–H and O–H groups in total. The summed E-state index contributed by atoms with van der Waals surface area (Å²) in [7, 11) is 1.35. The molecule has 0 saturated heterocycles. The van der Waals surface area contributed by atoms with Crippen molar-refractivity contribution >= 4 is 22.6 Å². The van der Waals surface area contributed by atoms with E-state index in [1.165, 1.54) is 7.11 Å². The van der Waals surface area contributed by atoms with Gasteiger partial charge in [-0.3, -0.25) is 0 Å². The lowest BCUT2D eigenvalue weighted by Gasteiger charge is -2.15. The van der Waals surface area contributed by atoms with E-state index in [2.05, 4.69) is 22.6 Å². The molecule has 1 unspecified atom stereocenters. The molecule has 2 aromatic carbocycles. The summed E-state index contributed by atoms with van der Waals surface area (Å²) in [6.45, 7) is 0. The van der Waals surface area contributed by atoms with Crippen LogP contribution in [0.4, 0.5) is 8.78 Å². The van der Waals surface area contributed by atoms with Gasteiger partial charge in [-0.15, -0.1) is 0 Å². The zero-order chi connectivity index (χ0) is 14.0. The van der Waals surface area contributed by atoms with Crippen molar-refractivity contribution in [2.24, 2.45) is 5.73 Å². The highest BCUT2D eigenvalue weighted by Gasteiger charge is 2.20. The molecule has 2 rings (SSSR count). The van der Waals surface area contributed by atoms with Gasteiger partial charge in [0.1, 0.15) is 17.4 Å². The fraction of sp³-hybridized carbons (Fsp3) is 0.143. The molecule has 0 fully saturated rings. The number of ether oxygens (including phenoxy) is 1. The number of methoxy groups -OCH3 is 1. The van der Waals surface area contributed by atoms with Crippen LogP contribution in [0.15, 0.2) is 36.4 Å². The van der Waals surface area contributed by atoms with Crippen LogP contribution in [0, 0.1) is 15.2 Å². The standard InChI is InChI=1S/C14H12F2INO/c1-19-10-6-11(15)13(12(16)7-10)14(18)8-3-2-4-9(17)5-8/h2-7,14H,18H2,1H3. The lowest BCUT2D eigenvalue weighted by Crippen LogP contribution is -2.16. The molecule has 0 heterocycles. The molecule has 5 heteroatoms. The quantitative estimate of drug-likeness (QED) is 0.832. The summed E-state index contributed by atoms with van der Waals surface area (Å²) in [6.07, 6.45) is 0. The van der Waals surface area contributed by atoms with Gasteiger partial charge in [-0.05, 0) is 40.3 Å². The number of hydrogen-bond acceptors (Lipinski definition) is 2. The Bertz CT molecular complexity index is 581. The van der Waals surface area contributed by atoms with Gasteiger partial charge in [0, 0.05) is 21.3 Å². The Morgan fingerprint density at radius 3 is 2.32 bits per heavy atom. The fourth-order valence-corrected chi connectivity index (χ4v) is 2.41. The van der Waals surface area contributed by atoms with E-state index in [4.69, 9.17) is 10.5 Å². The lowest BCUT2D eigenvalue weighted by molar-refractivity contribution is 0.404. The van der Waals surface area contributed by atoms with Gasteiger partial charge in [-0.1, -0.05) is 12.1 Å². The van der Waals surface area contributed by atoms with Gasteiger partial charge in [0.25, 0.3) is 0 Å². The summed E-state index contributed by atoms with van der Waals surface area (Å²) in [6, 6.07) is 8.65. The van der Waals surface area contributed by atoms with Crippen molar-refractivity contribution in [1.82, 2.24) is 0 Å². The second-order valence-corrected chi connectivity index (χ2v) is 5.28. The monoisotopic (exact) mass is 375 g/mol. The van der Waals surface area contributed by atoms with Crippen LogP contribution in [0.2, 0.25) is 0 Å². The topological polar surface area (TPSA) is 35.2 Å². The van der Waals surface area contributed by atoms with E-state index in [0.29, 0.717) is 5.56 Å². The molecule has 0 radical (unpaired) electrons. The Hall–Kier alpha value is -1.21. The zero-order valence-corrected chi connectivity index (χ0v) is 12.3. The molecule has 2 nitrogen and oxygen atoms in total. The highest BCUT2D eigenvalue weighted by Crippen LogP contribution is 2.28. The molecule has 0 aliphatic carbocycles. The van der Waals surface area contributed by atoms with Crippen molar-refractivity contribution in [2.75, 3.05) is 7.11 Å². The molecule has 1 atom stereocenters. The molecule has 0 saturated carbocycles. The van der Waals surface area contributed by atoms with Crippen LogP contribution in [0.3, 0.4) is 0 Å². The van der Waals surface area contributed by atoms with Gasteiger partial charge < -0.3 is 10.5 Å². The van der Waals surface area contributed by atoms with Crippen LogP contribution >= 0.6 is 22.6 Å². The van der Waals surface area contributed by atoms with Crippen LogP contribution in [-0.4, -0.2) is 7.11 Å². The van der Waals surface area contributed by atoms with Gasteiger partial charge in [0.05, 0.1) is 13.2 Å². The first kappa shape index (κ1) is 14.2. The maximum atomic E-state index is 13.9. The van der Waals surface area contributed by atoms with E-state index in [1.807, 2.05) is 6.07 Å². The number of halogens is 3. The van der Waals surface area contributed by atoms with Crippen molar-refractivity contribution in [3.05, 3.63) is 62.7 Å². The average Bonchev–Trinajstić information content (AvgIpc) is 2.37. The van der Waals surface area contributed by atoms with E-state index >= 15 is 0 Å². The number of hydrogen-bond donors (Lipinski definition) is 1. The van der Waals surface area contributed by atoms with E-state index in [0.717, 1.165) is 15.7 Å². The molecule has 0 amide bonds. The fourth-order valence-electron chi connectivity index (χ4n) is 1.84. The number of benzene rings is 2. The van der Waals surface area contributed by atoms with Gasteiger partial charge >= 0.3 is 0 Å². The van der Waals surface area contributed by atoms with Crippen molar-refractivity contribution in [2.45, 2.75) is 6.04 Å². The molecular formula is C14H12F2INO. The molecule has 0 spiro atoms. The molecule has 100 valence electrons. The predicted octanol–water partition coefficient (Wildman–Crippen LogP) is 3.63. The molecular weight excluding hydrogens is 363 g/mol. The first-order valence-electron chi connectivity index (χ1n) is 5.57. The molecule has 0 aliphatic rings. The Kier molecular flexibility index (Phi) is 4.36. The van der Waals surface area contributed by atoms with E-state index < -0.39 is 17.7 Å². The molecule has 0 bridgehead atoms. The van der Waals surface area contributed by atoms with Crippen molar-refractivity contribution in [3.63, 3.8) is 0 Å². The van der Waals surface area contributed by atoms with Gasteiger partial charge in [0.15, 0.2) is 0 Å². The third-order valence-electron chi connectivity index (χ3n) is 2.81. The third-order valence-corrected chi connectivity index (χ3v) is 3.48. The van der Waals surface area contributed by atoms with Crippen LogP contribution in [0.1, 0.15) is 17.2 Å². The lowest BCUT2D eigenvalue weighted by atomic mass is 9.98. The van der Waals surface area contributed by atoms with E-state index in [1.54, 1.807) is 18.2 Å². The van der Waals surface area contributed by atoms with Crippen molar-refractivity contribution in [3.8, 4) is 5.75 Å². The van der Waals surface area contributed by atoms with Crippen molar-refractivity contribution < 1.29 is 13.5 Å². The summed E-state index contributed by atoms with van der Waals surface area (Å²) in [4.78, 5) is 0. The Labute approximate surface area is 123 Å². The normalized spacial score (nSPS) is 12.3. The summed E-state index contributed by atoms with van der Waals surface area (Å²) in [5.74, 6) is -1.28. The highest BCUT2D eigenvalue weighted by atomic mass is 127. The molecule has 2 aromatic rings. The third kappa shape index (κ3) is 3.03. The molecule has 0 aromatic heterocycles. The van der Waals surface area contributed by atoms with Gasteiger partial charge in [-0.2, -0.15) is 0 Å². The summed E-state index contributed by atoms with van der Waals surface area (Å²) >= 11 is 2.12. The number of rotatable bonds is 3. The zero-order valence-electron chi connectivity index (χ0n) is 10.2. The minimum absolute atomic E-state index is 0.133. The molecule has 19 heavy (non-hydrogen) atoms. The Morgan fingerprint density at radius 2 is 1.79 bits per heavy atom. The SMILES string of the molecule is COc1cc(F)c(C(N)c2cccc(I)c2)c(F)c1. The maximum absolute atomic E-state index is 13.9. The van der Waals surface area contributed by atoms with Crippen molar-refractivity contribution in [1.29, 1.82) is 0 Å². The van der Waals surface area contributed by atoms with Gasteiger partial charge in [0.2, 0.25) is 0 Å². The minimum atomic E-state index is -0.847. The largest absolute Gasteiger partial charge is 0.497 e. The molecule has 0 aliphatic heterocycles. The second kappa shape index (κ2) is 5.83. The van der Waals surface area contributed by atoms with Crippen LogP contribution in [0.25, 0.3) is 0 Å². The number of nitrogens with two attached hydrogens (primary N) is 1. The average molecular weight is 375 g/mol. The van der Waals surface area contributed by atoms with E-state index in [-0.39, 0.29) is 11.3 Å². The predicted molar refractivity (Wildman–Crippen MR) is 78.1 cm³/mol. The highest BCUT2D eigenvalue weighted by molar-refractivity contribution is 14.1. The van der Waals surface area contributed by atoms with Crippen LogP contribution in [-0.2, 0) is 0 Å². The summed E-state index contributed by atoms with van der Waals surface area (Å²) in [5.41, 5.74) is 6.47. The van der Waals surface area contributed by atoms with E-state index in [9.17, 15) is 8.78 Å². The van der Waals surface area contributed by atoms with Crippen LogP contribution in [0.5, 0.6) is 5.75 Å². The first-order chi connectivity index (χ1) is 9.02. The minimum Gasteiger partial charge on any atom is -0.497 e. The maximum Gasteiger partial charge on any atom is 0.134 e. The first-order valence-corrected chi connectivity index (χ1v) is 6.64.